The molecule has 1 N–H and O–H groups in total. The molecule has 2 amide bonds. The fourth-order valence-electron chi connectivity index (χ4n) is 2.81. The van der Waals surface area contributed by atoms with E-state index in [0.29, 0.717) is 23.2 Å². The van der Waals surface area contributed by atoms with E-state index in [9.17, 15) is 4.79 Å². The molecule has 1 aromatic heterocycles. The molecule has 1 aliphatic heterocycles. The van der Waals surface area contributed by atoms with Crippen molar-refractivity contribution in [2.24, 2.45) is 0 Å². The Balaban J connectivity index is 1.79. The number of carbonyl (C=O) groups is 1. The van der Waals surface area contributed by atoms with Gasteiger partial charge in [0.05, 0.1) is 20.3 Å². The SMILES string of the molecule is COc1ccc([C@@H]2CCCN2C(=O)Nc2nncs2)cc1OC. The second-order valence-electron chi connectivity index (χ2n) is 5.14. The van der Waals surface area contributed by atoms with Crippen LogP contribution in [0.15, 0.2) is 23.7 Å². The first-order valence-corrected chi connectivity index (χ1v) is 8.16. The molecular formula is C15H18N4O3S. The van der Waals surface area contributed by atoms with Crippen LogP contribution >= 0.6 is 11.3 Å². The fourth-order valence-corrected chi connectivity index (χ4v) is 3.24. The number of amides is 2. The van der Waals surface area contributed by atoms with Gasteiger partial charge in [0.25, 0.3) is 0 Å². The molecule has 1 aromatic carbocycles. The van der Waals surface area contributed by atoms with Gasteiger partial charge in [-0.25, -0.2) is 4.79 Å². The van der Waals surface area contributed by atoms with E-state index in [2.05, 4.69) is 15.5 Å². The second kappa shape index (κ2) is 6.82. The maximum absolute atomic E-state index is 12.5. The molecule has 0 spiro atoms. The lowest BCUT2D eigenvalue weighted by Gasteiger charge is -2.25. The van der Waals surface area contributed by atoms with Gasteiger partial charge in [-0.05, 0) is 30.5 Å². The Morgan fingerprint density at radius 3 is 2.87 bits per heavy atom. The van der Waals surface area contributed by atoms with Gasteiger partial charge in [0, 0.05) is 6.54 Å². The zero-order valence-electron chi connectivity index (χ0n) is 13.0. The molecule has 8 heteroatoms. The monoisotopic (exact) mass is 334 g/mol. The second-order valence-corrected chi connectivity index (χ2v) is 5.97. The first kappa shape index (κ1) is 15.5. The summed E-state index contributed by atoms with van der Waals surface area (Å²) in [5.74, 6) is 1.35. The van der Waals surface area contributed by atoms with Crippen LogP contribution < -0.4 is 14.8 Å². The van der Waals surface area contributed by atoms with Crippen LogP contribution in [0.3, 0.4) is 0 Å². The van der Waals surface area contributed by atoms with Crippen molar-refractivity contribution < 1.29 is 14.3 Å². The number of benzene rings is 1. The van der Waals surface area contributed by atoms with E-state index >= 15 is 0 Å². The summed E-state index contributed by atoms with van der Waals surface area (Å²) in [6.45, 7) is 0.712. The van der Waals surface area contributed by atoms with Crippen molar-refractivity contribution in [1.82, 2.24) is 15.1 Å². The predicted octanol–water partition coefficient (Wildman–Crippen LogP) is 2.92. The third-order valence-electron chi connectivity index (χ3n) is 3.88. The number of hydrogen-bond donors (Lipinski definition) is 1. The molecule has 0 aliphatic carbocycles. The van der Waals surface area contributed by atoms with Gasteiger partial charge >= 0.3 is 6.03 Å². The average molecular weight is 334 g/mol. The Kier molecular flexibility index (Phi) is 4.61. The third-order valence-corrected chi connectivity index (χ3v) is 4.49. The number of rotatable bonds is 4. The van der Waals surface area contributed by atoms with E-state index in [-0.39, 0.29) is 12.1 Å². The van der Waals surface area contributed by atoms with Gasteiger partial charge in [-0.1, -0.05) is 17.4 Å². The summed E-state index contributed by atoms with van der Waals surface area (Å²) in [4.78, 5) is 14.3. The minimum atomic E-state index is -0.154. The Hall–Kier alpha value is -2.35. The van der Waals surface area contributed by atoms with Crippen LogP contribution in [-0.4, -0.2) is 41.9 Å². The third kappa shape index (κ3) is 3.21. The molecule has 0 bridgehead atoms. The highest BCUT2D eigenvalue weighted by molar-refractivity contribution is 7.13. The largest absolute Gasteiger partial charge is 0.493 e. The van der Waals surface area contributed by atoms with Crippen molar-refractivity contribution >= 4 is 22.5 Å². The van der Waals surface area contributed by atoms with E-state index < -0.39 is 0 Å². The number of urea groups is 1. The topological polar surface area (TPSA) is 76.6 Å². The lowest BCUT2D eigenvalue weighted by Crippen LogP contribution is -2.34. The summed E-state index contributed by atoms with van der Waals surface area (Å²) in [5, 5.41) is 10.9. The molecule has 122 valence electrons. The van der Waals surface area contributed by atoms with Gasteiger partial charge in [-0.15, -0.1) is 10.2 Å². The van der Waals surface area contributed by atoms with Crippen LogP contribution in [0.5, 0.6) is 11.5 Å². The zero-order chi connectivity index (χ0) is 16.2. The number of nitrogens with one attached hydrogen (secondary N) is 1. The van der Waals surface area contributed by atoms with Crippen LogP contribution in [0, 0.1) is 0 Å². The highest BCUT2D eigenvalue weighted by Crippen LogP contribution is 2.37. The van der Waals surface area contributed by atoms with Gasteiger partial charge in [0.2, 0.25) is 5.13 Å². The number of carbonyl (C=O) groups excluding carboxylic acids is 1. The Morgan fingerprint density at radius 1 is 1.35 bits per heavy atom. The van der Waals surface area contributed by atoms with Gasteiger partial charge in [0.15, 0.2) is 11.5 Å². The highest BCUT2D eigenvalue weighted by atomic mass is 32.1. The standard InChI is InChI=1S/C15H18N4O3S/c1-21-12-6-5-10(8-13(12)22-2)11-4-3-7-19(11)15(20)17-14-18-16-9-23-14/h5-6,8-9,11H,3-4,7H2,1-2H3,(H,17,18,20)/t11-/m0/s1. The number of hydrogen-bond acceptors (Lipinski definition) is 6. The van der Waals surface area contributed by atoms with E-state index in [1.807, 2.05) is 23.1 Å². The van der Waals surface area contributed by atoms with Crippen LogP contribution in [0.4, 0.5) is 9.93 Å². The molecule has 1 fully saturated rings. The Morgan fingerprint density at radius 2 is 2.17 bits per heavy atom. The molecule has 1 saturated heterocycles. The van der Waals surface area contributed by atoms with E-state index in [4.69, 9.17) is 9.47 Å². The fraction of sp³-hybridized carbons (Fsp3) is 0.400. The normalized spacial score (nSPS) is 17.1. The van der Waals surface area contributed by atoms with Gasteiger partial charge in [-0.3, -0.25) is 5.32 Å². The van der Waals surface area contributed by atoms with Crippen LogP contribution in [0.25, 0.3) is 0 Å². The van der Waals surface area contributed by atoms with E-state index in [1.165, 1.54) is 11.3 Å². The van der Waals surface area contributed by atoms with E-state index in [0.717, 1.165) is 18.4 Å². The number of nitrogens with zero attached hydrogens (tertiary/aromatic N) is 3. The van der Waals surface area contributed by atoms with E-state index in [1.54, 1.807) is 19.7 Å². The summed E-state index contributed by atoms with van der Waals surface area (Å²) in [6, 6.07) is 5.64. The zero-order valence-corrected chi connectivity index (χ0v) is 13.8. The maximum atomic E-state index is 12.5. The molecule has 1 atom stereocenters. The molecule has 23 heavy (non-hydrogen) atoms. The van der Waals surface area contributed by atoms with Crippen molar-refractivity contribution in [3.8, 4) is 11.5 Å². The van der Waals surface area contributed by atoms with Crippen LogP contribution in [0.2, 0.25) is 0 Å². The van der Waals surface area contributed by atoms with Gasteiger partial charge < -0.3 is 14.4 Å². The van der Waals surface area contributed by atoms with Crippen molar-refractivity contribution in [1.29, 1.82) is 0 Å². The smallest absolute Gasteiger partial charge is 0.324 e. The van der Waals surface area contributed by atoms with Crippen molar-refractivity contribution in [2.45, 2.75) is 18.9 Å². The molecule has 0 saturated carbocycles. The lowest BCUT2D eigenvalue weighted by atomic mass is 10.0. The van der Waals surface area contributed by atoms with Gasteiger partial charge in [-0.2, -0.15) is 0 Å². The maximum Gasteiger partial charge on any atom is 0.324 e. The number of likely N-dealkylation sites (tertiary alicyclic amines) is 1. The van der Waals surface area contributed by atoms with Crippen molar-refractivity contribution in [3.05, 3.63) is 29.3 Å². The van der Waals surface area contributed by atoms with Crippen molar-refractivity contribution in [3.63, 3.8) is 0 Å². The molecule has 1 aliphatic rings. The van der Waals surface area contributed by atoms with Crippen molar-refractivity contribution in [2.75, 3.05) is 26.1 Å². The molecule has 2 aromatic rings. The molecular weight excluding hydrogens is 316 g/mol. The predicted molar refractivity (Wildman–Crippen MR) is 87.2 cm³/mol. The average Bonchev–Trinajstić information content (AvgIpc) is 3.25. The van der Waals surface area contributed by atoms with Gasteiger partial charge in [0.1, 0.15) is 5.51 Å². The Bertz CT molecular complexity index is 677. The Labute approximate surface area is 138 Å². The highest BCUT2D eigenvalue weighted by Gasteiger charge is 2.31. The summed E-state index contributed by atoms with van der Waals surface area (Å²) in [5.41, 5.74) is 2.62. The molecule has 0 unspecified atom stereocenters. The summed E-state index contributed by atoms with van der Waals surface area (Å²) in [6.07, 6.45) is 1.88. The number of anilines is 1. The first-order chi connectivity index (χ1) is 11.2. The van der Waals surface area contributed by atoms with Crippen LogP contribution in [-0.2, 0) is 0 Å². The first-order valence-electron chi connectivity index (χ1n) is 7.28. The minimum absolute atomic E-state index is 0.0164. The summed E-state index contributed by atoms with van der Waals surface area (Å²) >= 11 is 1.30. The number of ether oxygens (including phenoxy) is 2. The van der Waals surface area contributed by atoms with Crippen LogP contribution in [0.1, 0.15) is 24.4 Å². The number of methoxy groups -OCH3 is 2. The minimum Gasteiger partial charge on any atom is -0.493 e. The molecule has 0 radical (unpaired) electrons. The molecule has 3 rings (SSSR count). The number of aromatic nitrogens is 2. The quantitative estimate of drug-likeness (QED) is 0.930. The molecule has 2 heterocycles. The molecule has 7 nitrogen and oxygen atoms in total. The summed E-state index contributed by atoms with van der Waals surface area (Å²) < 4.78 is 10.6. The summed E-state index contributed by atoms with van der Waals surface area (Å²) in [7, 11) is 3.21. The lowest BCUT2D eigenvalue weighted by molar-refractivity contribution is 0.207.